The maximum atomic E-state index is 11.6. The van der Waals surface area contributed by atoms with Gasteiger partial charge >= 0.3 is 11.9 Å². The van der Waals surface area contributed by atoms with Crippen LogP contribution in [0, 0.1) is 0 Å². The van der Waals surface area contributed by atoms with Crippen LogP contribution in [0.5, 0.6) is 5.75 Å². The van der Waals surface area contributed by atoms with Crippen molar-refractivity contribution in [3.63, 3.8) is 0 Å². The number of aromatic hydroxyl groups is 1. The highest BCUT2D eigenvalue weighted by molar-refractivity contribution is 5.81. The second-order valence-electron chi connectivity index (χ2n) is 3.73. The molecule has 0 aliphatic rings. The molecule has 1 aromatic rings. The first kappa shape index (κ1) is 14.0. The topological polar surface area (TPSA) is 72.8 Å². The molecule has 0 aliphatic carbocycles. The fraction of sp³-hybridized carbons (Fsp3) is 0.385. The van der Waals surface area contributed by atoms with E-state index in [2.05, 4.69) is 4.74 Å². The smallest absolute Gasteiger partial charge is 0.344 e. The molecule has 1 atom stereocenters. The predicted octanol–water partition coefficient (Wildman–Crippen LogP) is 1.60. The number of carbonyl (C=O) groups is 2. The fourth-order valence-corrected chi connectivity index (χ4v) is 1.36. The van der Waals surface area contributed by atoms with Crippen molar-refractivity contribution in [3.8, 4) is 5.75 Å². The van der Waals surface area contributed by atoms with E-state index in [1.165, 1.54) is 12.1 Å². The summed E-state index contributed by atoms with van der Waals surface area (Å²) in [5.41, 5.74) is 0.710. The molecular formula is C13H16O5. The average molecular weight is 252 g/mol. The molecule has 0 radical (unpaired) electrons. The highest BCUT2D eigenvalue weighted by Crippen LogP contribution is 2.19. The van der Waals surface area contributed by atoms with Crippen LogP contribution in [0.3, 0.4) is 0 Å². The lowest BCUT2D eigenvalue weighted by atomic mass is 10.0. The molecule has 1 aromatic carbocycles. The third-order valence-corrected chi connectivity index (χ3v) is 2.38. The van der Waals surface area contributed by atoms with E-state index < -0.39 is 17.9 Å². The van der Waals surface area contributed by atoms with Gasteiger partial charge in [-0.15, -0.1) is 0 Å². The van der Waals surface area contributed by atoms with Gasteiger partial charge in [-0.25, -0.2) is 4.79 Å². The summed E-state index contributed by atoms with van der Waals surface area (Å²) >= 11 is 0. The second-order valence-corrected chi connectivity index (χ2v) is 3.73. The van der Waals surface area contributed by atoms with Gasteiger partial charge in [0.05, 0.1) is 12.5 Å². The van der Waals surface area contributed by atoms with Crippen LogP contribution in [0.2, 0.25) is 0 Å². The van der Waals surface area contributed by atoms with Crippen LogP contribution in [0.4, 0.5) is 0 Å². The van der Waals surface area contributed by atoms with Crippen LogP contribution in [0.25, 0.3) is 0 Å². The minimum absolute atomic E-state index is 0.130. The summed E-state index contributed by atoms with van der Waals surface area (Å²) in [5.74, 6) is -1.44. The number of carbonyl (C=O) groups excluding carboxylic acids is 2. The van der Waals surface area contributed by atoms with Gasteiger partial charge in [-0.3, -0.25) is 4.79 Å². The summed E-state index contributed by atoms with van der Waals surface area (Å²) in [6.45, 7) is 3.22. The van der Waals surface area contributed by atoms with Crippen LogP contribution >= 0.6 is 0 Å². The zero-order valence-electron chi connectivity index (χ0n) is 10.4. The number of ether oxygens (including phenoxy) is 2. The van der Waals surface area contributed by atoms with E-state index in [4.69, 9.17) is 9.84 Å². The first-order valence-corrected chi connectivity index (χ1v) is 5.65. The van der Waals surface area contributed by atoms with Crippen molar-refractivity contribution in [3.05, 3.63) is 29.8 Å². The van der Waals surface area contributed by atoms with Gasteiger partial charge in [0.25, 0.3) is 0 Å². The molecule has 5 nitrogen and oxygen atoms in total. The van der Waals surface area contributed by atoms with Crippen molar-refractivity contribution < 1.29 is 24.2 Å². The molecular weight excluding hydrogens is 236 g/mol. The Bertz CT molecular complexity index is 410. The normalized spacial score (nSPS) is 11.7. The Morgan fingerprint density at radius 2 is 1.83 bits per heavy atom. The summed E-state index contributed by atoms with van der Waals surface area (Å²) in [4.78, 5) is 22.7. The summed E-state index contributed by atoms with van der Waals surface area (Å²) in [7, 11) is 0. The van der Waals surface area contributed by atoms with E-state index >= 15 is 0 Å². The summed E-state index contributed by atoms with van der Waals surface area (Å²) < 4.78 is 9.47. The Labute approximate surface area is 105 Å². The van der Waals surface area contributed by atoms with Crippen LogP contribution in [0.1, 0.15) is 25.3 Å². The molecule has 18 heavy (non-hydrogen) atoms. The number of benzene rings is 1. The van der Waals surface area contributed by atoms with E-state index in [1.54, 1.807) is 26.0 Å². The molecule has 0 saturated heterocycles. The molecule has 1 rings (SSSR count). The number of hydrogen-bond donors (Lipinski definition) is 1. The Kier molecular flexibility index (Phi) is 5.17. The maximum absolute atomic E-state index is 11.6. The van der Waals surface area contributed by atoms with Gasteiger partial charge in [-0.2, -0.15) is 0 Å². The Morgan fingerprint density at radius 3 is 2.39 bits per heavy atom. The predicted molar refractivity (Wildman–Crippen MR) is 64.1 cm³/mol. The third-order valence-electron chi connectivity index (χ3n) is 2.38. The van der Waals surface area contributed by atoms with Crippen LogP contribution in [-0.2, 0) is 19.1 Å². The van der Waals surface area contributed by atoms with E-state index in [9.17, 15) is 9.59 Å². The molecule has 0 fully saturated rings. The minimum Gasteiger partial charge on any atom is -0.508 e. The summed E-state index contributed by atoms with van der Waals surface area (Å²) in [6.07, 6.45) is 0. The van der Waals surface area contributed by atoms with Gasteiger partial charge < -0.3 is 14.6 Å². The largest absolute Gasteiger partial charge is 0.508 e. The highest BCUT2D eigenvalue weighted by atomic mass is 16.6. The van der Waals surface area contributed by atoms with Crippen LogP contribution < -0.4 is 0 Å². The first-order valence-electron chi connectivity index (χ1n) is 5.65. The molecule has 5 heteroatoms. The zero-order valence-corrected chi connectivity index (χ0v) is 10.4. The zero-order chi connectivity index (χ0) is 13.5. The Balaban J connectivity index is 2.51. The van der Waals surface area contributed by atoms with E-state index in [1.807, 2.05) is 0 Å². The van der Waals surface area contributed by atoms with Crippen molar-refractivity contribution in [2.24, 2.45) is 0 Å². The molecule has 0 unspecified atom stereocenters. The van der Waals surface area contributed by atoms with Gasteiger partial charge in [0.1, 0.15) is 5.75 Å². The number of esters is 2. The molecule has 0 bridgehead atoms. The van der Waals surface area contributed by atoms with Gasteiger partial charge in [0.2, 0.25) is 0 Å². The van der Waals surface area contributed by atoms with Crippen LogP contribution in [0.15, 0.2) is 24.3 Å². The lowest BCUT2D eigenvalue weighted by Crippen LogP contribution is -2.19. The summed E-state index contributed by atoms with van der Waals surface area (Å²) in [5, 5.41) is 9.13. The molecule has 1 N–H and O–H groups in total. The molecule has 0 saturated carbocycles. The van der Waals surface area contributed by atoms with Gasteiger partial charge in [0.15, 0.2) is 6.61 Å². The first-order chi connectivity index (χ1) is 8.54. The standard InChI is InChI=1S/C13H16O5/c1-3-17-12(15)8-18-13(16)9(2)10-4-6-11(14)7-5-10/h4-7,9,14H,3,8H2,1-2H3/t9-/m0/s1. The lowest BCUT2D eigenvalue weighted by Gasteiger charge is -2.11. The number of phenols is 1. The molecule has 0 heterocycles. The number of phenolic OH excluding ortho intramolecular Hbond substituents is 1. The number of rotatable bonds is 5. The molecule has 0 aromatic heterocycles. The molecule has 0 aliphatic heterocycles. The third kappa shape index (κ3) is 4.08. The Hall–Kier alpha value is -2.04. The van der Waals surface area contributed by atoms with Crippen molar-refractivity contribution in [2.75, 3.05) is 13.2 Å². The second kappa shape index (κ2) is 6.64. The van der Waals surface area contributed by atoms with Gasteiger partial charge in [-0.1, -0.05) is 12.1 Å². The number of hydrogen-bond acceptors (Lipinski definition) is 5. The van der Waals surface area contributed by atoms with Crippen LogP contribution in [-0.4, -0.2) is 30.3 Å². The van der Waals surface area contributed by atoms with Crippen molar-refractivity contribution >= 4 is 11.9 Å². The van der Waals surface area contributed by atoms with Crippen molar-refractivity contribution in [2.45, 2.75) is 19.8 Å². The molecule has 0 spiro atoms. The van der Waals surface area contributed by atoms with Gasteiger partial charge in [0, 0.05) is 0 Å². The van der Waals surface area contributed by atoms with Gasteiger partial charge in [-0.05, 0) is 31.5 Å². The summed E-state index contributed by atoms with van der Waals surface area (Å²) in [6, 6.07) is 6.24. The SMILES string of the molecule is CCOC(=O)COC(=O)[C@@H](C)c1ccc(O)cc1. The average Bonchev–Trinajstić information content (AvgIpc) is 2.36. The minimum atomic E-state index is -0.566. The Morgan fingerprint density at radius 1 is 1.22 bits per heavy atom. The maximum Gasteiger partial charge on any atom is 0.344 e. The van der Waals surface area contributed by atoms with E-state index in [-0.39, 0.29) is 19.0 Å². The van der Waals surface area contributed by atoms with Crippen molar-refractivity contribution in [1.29, 1.82) is 0 Å². The van der Waals surface area contributed by atoms with Crippen molar-refractivity contribution in [1.82, 2.24) is 0 Å². The van der Waals surface area contributed by atoms with E-state index in [0.29, 0.717) is 5.56 Å². The monoisotopic (exact) mass is 252 g/mol. The fourth-order valence-electron chi connectivity index (χ4n) is 1.36. The van der Waals surface area contributed by atoms with E-state index in [0.717, 1.165) is 0 Å². The molecule has 98 valence electrons. The molecule has 0 amide bonds. The lowest BCUT2D eigenvalue weighted by molar-refractivity contribution is -0.159. The quantitative estimate of drug-likeness (QED) is 0.806. The highest BCUT2D eigenvalue weighted by Gasteiger charge is 2.18.